The smallest absolute Gasteiger partial charge is 0.236 e. The molecule has 1 amide bonds. The van der Waals surface area contributed by atoms with Gasteiger partial charge >= 0.3 is 0 Å². The molecule has 1 aliphatic rings. The first-order valence-electron chi connectivity index (χ1n) is 7.01. The van der Waals surface area contributed by atoms with E-state index in [9.17, 15) is 4.79 Å². The highest BCUT2D eigenvalue weighted by Gasteiger charge is 2.21. The summed E-state index contributed by atoms with van der Waals surface area (Å²) in [6.07, 6.45) is 6.75. The number of nitrogens with one attached hydrogen (secondary N) is 1. The molecule has 0 aromatic heterocycles. The standard InChI is InChI=1S/C14H28N2O/c1-11(2)16(4)14(17)10-15-12(3)13-8-6-5-7-9-13/h11-13,15H,5-10H2,1-4H3. The topological polar surface area (TPSA) is 32.3 Å². The third kappa shape index (κ3) is 4.66. The second-order valence-corrected chi connectivity index (χ2v) is 5.67. The summed E-state index contributed by atoms with van der Waals surface area (Å²) in [7, 11) is 1.87. The second kappa shape index (κ2) is 7.00. The van der Waals surface area contributed by atoms with Crippen LogP contribution in [0.2, 0.25) is 0 Å². The fraction of sp³-hybridized carbons (Fsp3) is 0.929. The number of amides is 1. The van der Waals surface area contributed by atoms with Crippen molar-refractivity contribution in [2.75, 3.05) is 13.6 Å². The fourth-order valence-corrected chi connectivity index (χ4v) is 2.46. The molecule has 0 heterocycles. The van der Waals surface area contributed by atoms with Crippen LogP contribution >= 0.6 is 0 Å². The van der Waals surface area contributed by atoms with E-state index in [2.05, 4.69) is 12.2 Å². The van der Waals surface area contributed by atoms with Crippen LogP contribution in [-0.4, -0.2) is 36.5 Å². The van der Waals surface area contributed by atoms with Gasteiger partial charge in [-0.2, -0.15) is 0 Å². The summed E-state index contributed by atoms with van der Waals surface area (Å²) >= 11 is 0. The second-order valence-electron chi connectivity index (χ2n) is 5.67. The van der Waals surface area contributed by atoms with E-state index < -0.39 is 0 Å². The van der Waals surface area contributed by atoms with E-state index in [0.29, 0.717) is 12.6 Å². The Labute approximate surface area is 106 Å². The van der Waals surface area contributed by atoms with Crippen LogP contribution in [0.4, 0.5) is 0 Å². The molecule has 0 aliphatic heterocycles. The number of likely N-dealkylation sites (N-methyl/N-ethyl adjacent to an activating group) is 1. The van der Waals surface area contributed by atoms with Gasteiger partial charge in [0.1, 0.15) is 0 Å². The first-order chi connectivity index (χ1) is 8.02. The largest absolute Gasteiger partial charge is 0.342 e. The molecule has 1 unspecified atom stereocenters. The minimum absolute atomic E-state index is 0.197. The number of carbonyl (C=O) groups is 1. The first kappa shape index (κ1) is 14.5. The molecule has 0 spiro atoms. The van der Waals surface area contributed by atoms with Gasteiger partial charge in [0.25, 0.3) is 0 Å². The molecule has 1 rings (SSSR count). The predicted octanol–water partition coefficient (Wildman–Crippen LogP) is 2.41. The summed E-state index contributed by atoms with van der Waals surface area (Å²) in [6, 6.07) is 0.758. The zero-order valence-corrected chi connectivity index (χ0v) is 11.8. The van der Waals surface area contributed by atoms with Crippen molar-refractivity contribution in [3.63, 3.8) is 0 Å². The summed E-state index contributed by atoms with van der Waals surface area (Å²) in [5, 5.41) is 3.40. The SMILES string of the molecule is CC(NCC(=O)N(C)C(C)C)C1CCCCC1. The maximum absolute atomic E-state index is 11.8. The van der Waals surface area contributed by atoms with Crippen LogP contribution in [0.25, 0.3) is 0 Å². The molecule has 0 saturated heterocycles. The van der Waals surface area contributed by atoms with Crippen molar-refractivity contribution >= 4 is 5.91 Å². The lowest BCUT2D eigenvalue weighted by Gasteiger charge is -2.29. The maximum atomic E-state index is 11.8. The van der Waals surface area contributed by atoms with Gasteiger partial charge in [0, 0.05) is 19.1 Å². The molecule has 1 N–H and O–H groups in total. The quantitative estimate of drug-likeness (QED) is 0.800. The molecule has 1 saturated carbocycles. The Balaban J connectivity index is 2.27. The highest BCUT2D eigenvalue weighted by Crippen LogP contribution is 2.26. The Morgan fingerprint density at radius 2 is 1.82 bits per heavy atom. The van der Waals surface area contributed by atoms with Crippen molar-refractivity contribution in [2.24, 2.45) is 5.92 Å². The van der Waals surface area contributed by atoms with Crippen LogP contribution in [0.15, 0.2) is 0 Å². The predicted molar refractivity (Wildman–Crippen MR) is 71.9 cm³/mol. The molecule has 100 valence electrons. The van der Waals surface area contributed by atoms with Crippen molar-refractivity contribution < 1.29 is 4.79 Å². The monoisotopic (exact) mass is 240 g/mol. The van der Waals surface area contributed by atoms with Gasteiger partial charge in [-0.05, 0) is 39.5 Å². The van der Waals surface area contributed by atoms with E-state index in [4.69, 9.17) is 0 Å². The molecule has 1 fully saturated rings. The molecule has 0 bridgehead atoms. The van der Waals surface area contributed by atoms with Crippen molar-refractivity contribution in [2.45, 2.75) is 65.0 Å². The summed E-state index contributed by atoms with van der Waals surface area (Å²) in [6.45, 7) is 6.79. The molecular formula is C14H28N2O. The Kier molecular flexibility index (Phi) is 5.96. The van der Waals surface area contributed by atoms with Gasteiger partial charge in [0.2, 0.25) is 5.91 Å². The number of hydrogen-bond donors (Lipinski definition) is 1. The highest BCUT2D eigenvalue weighted by atomic mass is 16.2. The third-order valence-electron chi connectivity index (χ3n) is 4.10. The summed E-state index contributed by atoms with van der Waals surface area (Å²) in [4.78, 5) is 13.6. The van der Waals surface area contributed by atoms with Crippen LogP contribution in [0, 0.1) is 5.92 Å². The van der Waals surface area contributed by atoms with Crippen LogP contribution < -0.4 is 5.32 Å². The van der Waals surface area contributed by atoms with E-state index in [0.717, 1.165) is 5.92 Å². The van der Waals surface area contributed by atoms with Crippen LogP contribution in [0.1, 0.15) is 52.9 Å². The van der Waals surface area contributed by atoms with E-state index in [1.165, 1.54) is 32.1 Å². The molecule has 0 aromatic rings. The minimum Gasteiger partial charge on any atom is -0.342 e. The Morgan fingerprint density at radius 3 is 2.35 bits per heavy atom. The first-order valence-corrected chi connectivity index (χ1v) is 7.01. The van der Waals surface area contributed by atoms with E-state index in [-0.39, 0.29) is 11.9 Å². The van der Waals surface area contributed by atoms with Crippen LogP contribution in [-0.2, 0) is 4.79 Å². The van der Waals surface area contributed by atoms with Gasteiger partial charge in [-0.25, -0.2) is 0 Å². The number of carbonyl (C=O) groups excluding carboxylic acids is 1. The van der Waals surface area contributed by atoms with E-state index in [1.54, 1.807) is 4.90 Å². The summed E-state index contributed by atoms with van der Waals surface area (Å²) in [5.41, 5.74) is 0. The lowest BCUT2D eigenvalue weighted by atomic mass is 9.84. The molecule has 0 aromatic carbocycles. The van der Waals surface area contributed by atoms with Crippen LogP contribution in [0.3, 0.4) is 0 Å². The Bertz CT molecular complexity index is 234. The maximum Gasteiger partial charge on any atom is 0.236 e. The fourth-order valence-electron chi connectivity index (χ4n) is 2.46. The molecular weight excluding hydrogens is 212 g/mol. The lowest BCUT2D eigenvalue weighted by molar-refractivity contribution is -0.130. The zero-order chi connectivity index (χ0) is 12.8. The molecule has 1 aliphatic carbocycles. The average molecular weight is 240 g/mol. The zero-order valence-electron chi connectivity index (χ0n) is 11.8. The van der Waals surface area contributed by atoms with Gasteiger partial charge < -0.3 is 10.2 Å². The van der Waals surface area contributed by atoms with Crippen LogP contribution in [0.5, 0.6) is 0 Å². The number of nitrogens with zero attached hydrogens (tertiary/aromatic N) is 1. The van der Waals surface area contributed by atoms with Gasteiger partial charge in [0.05, 0.1) is 6.54 Å². The van der Waals surface area contributed by atoms with Gasteiger partial charge in [-0.3, -0.25) is 4.79 Å². The Hall–Kier alpha value is -0.570. The van der Waals surface area contributed by atoms with E-state index in [1.807, 2.05) is 20.9 Å². The molecule has 3 nitrogen and oxygen atoms in total. The molecule has 17 heavy (non-hydrogen) atoms. The van der Waals surface area contributed by atoms with Gasteiger partial charge in [0.15, 0.2) is 0 Å². The summed E-state index contributed by atoms with van der Waals surface area (Å²) in [5.74, 6) is 0.962. The van der Waals surface area contributed by atoms with Crippen molar-refractivity contribution in [1.29, 1.82) is 0 Å². The van der Waals surface area contributed by atoms with Gasteiger partial charge in [-0.15, -0.1) is 0 Å². The number of hydrogen-bond acceptors (Lipinski definition) is 2. The number of rotatable bonds is 5. The minimum atomic E-state index is 0.197. The third-order valence-corrected chi connectivity index (χ3v) is 4.10. The van der Waals surface area contributed by atoms with Gasteiger partial charge in [-0.1, -0.05) is 19.3 Å². The Morgan fingerprint density at radius 1 is 1.24 bits per heavy atom. The van der Waals surface area contributed by atoms with E-state index >= 15 is 0 Å². The average Bonchev–Trinajstić information content (AvgIpc) is 2.35. The van der Waals surface area contributed by atoms with Crippen molar-refractivity contribution in [3.05, 3.63) is 0 Å². The lowest BCUT2D eigenvalue weighted by Crippen LogP contribution is -2.44. The summed E-state index contributed by atoms with van der Waals surface area (Å²) < 4.78 is 0. The van der Waals surface area contributed by atoms with Crippen molar-refractivity contribution in [1.82, 2.24) is 10.2 Å². The molecule has 1 atom stereocenters. The highest BCUT2D eigenvalue weighted by molar-refractivity contribution is 5.78. The van der Waals surface area contributed by atoms with Crippen molar-refractivity contribution in [3.8, 4) is 0 Å². The molecule has 3 heteroatoms. The molecule has 0 radical (unpaired) electrons. The normalized spacial score (nSPS) is 19.4.